The summed E-state index contributed by atoms with van der Waals surface area (Å²) in [5.74, 6) is 1.13. The second-order valence-electron chi connectivity index (χ2n) is 8.70. The molecule has 1 atom stereocenters. The smallest absolute Gasteiger partial charge is 0.319 e. The maximum Gasteiger partial charge on any atom is 0.319 e. The number of nitrogens with two attached hydrogens (primary N) is 1. The van der Waals surface area contributed by atoms with Crippen molar-refractivity contribution in [2.45, 2.75) is 45.8 Å². The standard InChI is InChI=1S/C24H30IN5O3/c1-15(2)12-24(3)21(31)30(22(26)29-24)14-17-7-5-16(6-8-17)13-27-23(32)28-19-11-18(25)9-10-20(19)33-4/h5-11,15H,12-14H2,1-4H3,(H2,26,29)(H2,27,28,32). The highest BCUT2D eigenvalue weighted by Crippen LogP contribution is 2.29. The van der Waals surface area contributed by atoms with Gasteiger partial charge in [0.15, 0.2) is 5.96 Å². The number of hydrogen-bond acceptors (Lipinski definition) is 5. The molecular weight excluding hydrogens is 533 g/mol. The monoisotopic (exact) mass is 563 g/mol. The van der Waals surface area contributed by atoms with Crippen molar-refractivity contribution in [3.05, 3.63) is 57.2 Å². The maximum atomic E-state index is 12.9. The zero-order valence-corrected chi connectivity index (χ0v) is 21.5. The molecule has 0 bridgehead atoms. The lowest BCUT2D eigenvalue weighted by atomic mass is 9.91. The zero-order valence-electron chi connectivity index (χ0n) is 19.3. The Labute approximate surface area is 208 Å². The largest absolute Gasteiger partial charge is 0.495 e. The summed E-state index contributed by atoms with van der Waals surface area (Å²) in [6, 6.07) is 12.9. The van der Waals surface area contributed by atoms with E-state index in [2.05, 4.69) is 52.1 Å². The maximum absolute atomic E-state index is 12.9. The van der Waals surface area contributed by atoms with E-state index in [1.165, 1.54) is 4.90 Å². The van der Waals surface area contributed by atoms with E-state index in [4.69, 9.17) is 10.5 Å². The van der Waals surface area contributed by atoms with Gasteiger partial charge in [-0.3, -0.25) is 9.69 Å². The summed E-state index contributed by atoms with van der Waals surface area (Å²) in [6.07, 6.45) is 0.656. The van der Waals surface area contributed by atoms with Crippen LogP contribution in [0.2, 0.25) is 0 Å². The van der Waals surface area contributed by atoms with Gasteiger partial charge in [0, 0.05) is 10.1 Å². The molecule has 0 aromatic heterocycles. The molecule has 1 unspecified atom stereocenters. The van der Waals surface area contributed by atoms with Crippen molar-refractivity contribution in [1.82, 2.24) is 10.2 Å². The molecule has 1 aliphatic heterocycles. The lowest BCUT2D eigenvalue weighted by molar-refractivity contribution is -0.131. The number of nitrogens with zero attached hydrogens (tertiary/aromatic N) is 2. The van der Waals surface area contributed by atoms with Gasteiger partial charge in [-0.15, -0.1) is 0 Å². The third-order valence-corrected chi connectivity index (χ3v) is 6.05. The molecule has 4 N–H and O–H groups in total. The van der Waals surface area contributed by atoms with Crippen LogP contribution in [0.1, 0.15) is 38.3 Å². The normalized spacial score (nSPS) is 17.8. The number of benzene rings is 2. The predicted octanol–water partition coefficient (Wildman–Crippen LogP) is 4.08. The minimum Gasteiger partial charge on any atom is -0.495 e. The van der Waals surface area contributed by atoms with E-state index in [1.807, 2.05) is 49.4 Å². The van der Waals surface area contributed by atoms with Crippen molar-refractivity contribution in [2.24, 2.45) is 16.6 Å². The first kappa shape index (κ1) is 24.8. The van der Waals surface area contributed by atoms with E-state index >= 15 is 0 Å². The lowest BCUT2D eigenvalue weighted by Gasteiger charge is -2.23. The molecule has 0 spiro atoms. The van der Waals surface area contributed by atoms with Crippen molar-refractivity contribution in [2.75, 3.05) is 12.4 Å². The third-order valence-electron chi connectivity index (χ3n) is 5.38. The molecule has 3 rings (SSSR count). The second-order valence-corrected chi connectivity index (χ2v) is 9.95. The minimum absolute atomic E-state index is 0.0675. The summed E-state index contributed by atoms with van der Waals surface area (Å²) in [5.41, 5.74) is 7.74. The van der Waals surface area contributed by atoms with Crippen molar-refractivity contribution < 1.29 is 14.3 Å². The molecule has 3 amide bonds. The Morgan fingerprint density at radius 3 is 2.52 bits per heavy atom. The lowest BCUT2D eigenvalue weighted by Crippen LogP contribution is -2.43. The molecule has 0 fully saturated rings. The van der Waals surface area contributed by atoms with E-state index in [0.717, 1.165) is 14.7 Å². The van der Waals surface area contributed by atoms with Crippen LogP contribution in [-0.4, -0.2) is 35.4 Å². The summed E-state index contributed by atoms with van der Waals surface area (Å²) < 4.78 is 6.28. The Bertz CT molecular complexity index is 1050. The van der Waals surface area contributed by atoms with Gasteiger partial charge in [0.25, 0.3) is 5.91 Å². The average Bonchev–Trinajstić information content (AvgIpc) is 2.95. The van der Waals surface area contributed by atoms with Crippen LogP contribution in [0.4, 0.5) is 10.5 Å². The Hall–Kier alpha value is -2.82. The summed E-state index contributed by atoms with van der Waals surface area (Å²) in [5, 5.41) is 5.65. The van der Waals surface area contributed by atoms with E-state index in [9.17, 15) is 9.59 Å². The SMILES string of the molecule is COc1ccc(I)cc1NC(=O)NCc1ccc(CN2C(=O)C(C)(CC(C)C)N=C2N)cc1. The number of rotatable bonds is 8. The molecule has 1 aliphatic rings. The number of carbonyl (C=O) groups excluding carboxylic acids is 2. The number of urea groups is 1. The van der Waals surface area contributed by atoms with Crippen molar-refractivity contribution in [1.29, 1.82) is 0 Å². The van der Waals surface area contributed by atoms with E-state index in [1.54, 1.807) is 7.11 Å². The van der Waals surface area contributed by atoms with Crippen molar-refractivity contribution >= 4 is 46.2 Å². The van der Waals surface area contributed by atoms with Gasteiger partial charge in [0.05, 0.1) is 19.3 Å². The number of amides is 3. The number of methoxy groups -OCH3 is 1. The topological polar surface area (TPSA) is 109 Å². The number of nitrogens with one attached hydrogen (secondary N) is 2. The number of halogens is 1. The molecule has 2 aromatic carbocycles. The molecule has 9 heteroatoms. The number of aliphatic imine (C=N–C) groups is 1. The molecule has 8 nitrogen and oxygen atoms in total. The number of anilines is 1. The molecule has 0 saturated heterocycles. The van der Waals surface area contributed by atoms with Crippen molar-refractivity contribution in [3.63, 3.8) is 0 Å². The first-order chi connectivity index (χ1) is 15.6. The summed E-state index contributed by atoms with van der Waals surface area (Å²) in [6.45, 7) is 6.70. The highest BCUT2D eigenvalue weighted by Gasteiger charge is 2.43. The second kappa shape index (κ2) is 10.4. The first-order valence-corrected chi connectivity index (χ1v) is 11.8. The Morgan fingerprint density at radius 2 is 1.88 bits per heavy atom. The Balaban J connectivity index is 1.56. The van der Waals surface area contributed by atoms with Gasteiger partial charge in [-0.2, -0.15) is 0 Å². The number of ether oxygens (including phenoxy) is 1. The summed E-state index contributed by atoms with van der Waals surface area (Å²) in [7, 11) is 1.56. The summed E-state index contributed by atoms with van der Waals surface area (Å²) in [4.78, 5) is 31.2. The third kappa shape index (κ3) is 6.16. The quantitative estimate of drug-likeness (QED) is 0.421. The van der Waals surface area contributed by atoms with E-state index < -0.39 is 5.54 Å². The summed E-state index contributed by atoms with van der Waals surface area (Å²) >= 11 is 2.18. The first-order valence-electron chi connectivity index (χ1n) is 10.7. The molecule has 0 saturated carbocycles. The minimum atomic E-state index is -0.797. The van der Waals surface area contributed by atoms with Gasteiger partial charge < -0.3 is 21.1 Å². The van der Waals surface area contributed by atoms with Gasteiger partial charge in [0.2, 0.25) is 0 Å². The van der Waals surface area contributed by atoms with Gasteiger partial charge in [-0.1, -0.05) is 38.1 Å². The van der Waals surface area contributed by atoms with Crippen LogP contribution >= 0.6 is 22.6 Å². The van der Waals surface area contributed by atoms with E-state index in [-0.39, 0.29) is 17.9 Å². The molecule has 176 valence electrons. The molecule has 1 heterocycles. The average molecular weight is 563 g/mol. The van der Waals surface area contributed by atoms with E-state index in [0.29, 0.717) is 36.9 Å². The Morgan fingerprint density at radius 1 is 1.21 bits per heavy atom. The fourth-order valence-corrected chi connectivity index (χ4v) is 4.40. The van der Waals surface area contributed by atoms with Gasteiger partial charge >= 0.3 is 6.03 Å². The zero-order chi connectivity index (χ0) is 24.2. The van der Waals surface area contributed by atoms with Gasteiger partial charge in [-0.25, -0.2) is 9.79 Å². The van der Waals surface area contributed by atoms with Gasteiger partial charge in [0.1, 0.15) is 11.3 Å². The number of hydrogen-bond donors (Lipinski definition) is 3. The van der Waals surface area contributed by atoms with Crippen LogP contribution in [0.3, 0.4) is 0 Å². The molecule has 0 radical (unpaired) electrons. The van der Waals surface area contributed by atoms with Crippen molar-refractivity contribution in [3.8, 4) is 5.75 Å². The van der Waals surface area contributed by atoms with Crippen LogP contribution in [0, 0.1) is 9.49 Å². The van der Waals surface area contributed by atoms with Crippen LogP contribution in [0.5, 0.6) is 5.75 Å². The molecule has 33 heavy (non-hydrogen) atoms. The molecular formula is C24H30IN5O3. The highest BCUT2D eigenvalue weighted by molar-refractivity contribution is 14.1. The highest BCUT2D eigenvalue weighted by atomic mass is 127. The number of carbonyl (C=O) groups is 2. The fraction of sp³-hybridized carbons (Fsp3) is 0.375. The molecule has 0 aliphatic carbocycles. The van der Waals surface area contributed by atoms with Crippen LogP contribution in [0.15, 0.2) is 47.5 Å². The van der Waals surface area contributed by atoms with Gasteiger partial charge in [-0.05, 0) is 71.2 Å². The fourth-order valence-electron chi connectivity index (χ4n) is 3.91. The van der Waals surface area contributed by atoms with Crippen LogP contribution in [0.25, 0.3) is 0 Å². The molecule has 2 aromatic rings. The number of guanidine groups is 1. The van der Waals surface area contributed by atoms with Crippen LogP contribution in [-0.2, 0) is 17.9 Å². The Kier molecular flexibility index (Phi) is 7.83. The predicted molar refractivity (Wildman–Crippen MR) is 138 cm³/mol. The van der Waals surface area contributed by atoms with Crippen LogP contribution < -0.4 is 21.1 Å².